The van der Waals surface area contributed by atoms with E-state index < -0.39 is 5.97 Å². The molecule has 0 saturated carbocycles. The van der Waals surface area contributed by atoms with Crippen LogP contribution in [0, 0.1) is 0 Å². The van der Waals surface area contributed by atoms with Crippen LogP contribution in [-0.4, -0.2) is 60.5 Å². The molecule has 0 aliphatic carbocycles. The Morgan fingerprint density at radius 2 is 1.96 bits per heavy atom. The zero-order valence-electron chi connectivity index (χ0n) is 14.4. The van der Waals surface area contributed by atoms with Crippen molar-refractivity contribution in [3.05, 3.63) is 35.4 Å². The summed E-state index contributed by atoms with van der Waals surface area (Å²) >= 11 is 0. The van der Waals surface area contributed by atoms with Crippen LogP contribution < -0.4 is 0 Å². The molecular formula is C18H26N2O3. The lowest BCUT2D eigenvalue weighted by molar-refractivity contribution is 0.0371. The number of rotatable bonds is 4. The van der Waals surface area contributed by atoms with Gasteiger partial charge in [0.2, 0.25) is 0 Å². The van der Waals surface area contributed by atoms with Crippen LogP contribution in [-0.2, 0) is 4.74 Å². The fourth-order valence-corrected chi connectivity index (χ4v) is 3.18. The van der Waals surface area contributed by atoms with E-state index in [0.717, 1.165) is 26.1 Å². The predicted molar refractivity (Wildman–Crippen MR) is 89.6 cm³/mol. The summed E-state index contributed by atoms with van der Waals surface area (Å²) in [5.41, 5.74) is 0.951. The molecule has 1 aliphatic heterocycles. The van der Waals surface area contributed by atoms with Crippen molar-refractivity contribution in [1.29, 1.82) is 0 Å². The number of amides is 1. The Balaban J connectivity index is 2.13. The maximum absolute atomic E-state index is 12.8. The van der Waals surface area contributed by atoms with Crippen LogP contribution in [0.3, 0.4) is 0 Å². The van der Waals surface area contributed by atoms with Crippen LogP contribution in [0.4, 0.5) is 0 Å². The van der Waals surface area contributed by atoms with E-state index >= 15 is 0 Å². The second-order valence-corrected chi connectivity index (χ2v) is 6.22. The van der Waals surface area contributed by atoms with E-state index in [0.29, 0.717) is 23.2 Å². The zero-order chi connectivity index (χ0) is 17.0. The molecule has 0 bridgehead atoms. The Labute approximate surface area is 138 Å². The van der Waals surface area contributed by atoms with Gasteiger partial charge < -0.3 is 9.64 Å². The molecule has 1 aromatic carbocycles. The minimum absolute atomic E-state index is 0.0161. The normalized spacial score (nSPS) is 19.0. The Morgan fingerprint density at radius 3 is 2.57 bits per heavy atom. The molecule has 5 nitrogen and oxygen atoms in total. The van der Waals surface area contributed by atoms with Crippen molar-refractivity contribution in [1.82, 2.24) is 9.80 Å². The molecule has 0 N–H and O–H groups in total. The van der Waals surface area contributed by atoms with Crippen LogP contribution in [0.1, 0.15) is 47.9 Å². The quantitative estimate of drug-likeness (QED) is 0.800. The number of carbonyl (C=O) groups is 2. The van der Waals surface area contributed by atoms with Crippen molar-refractivity contribution in [2.24, 2.45) is 0 Å². The number of piperazine rings is 1. The predicted octanol–water partition coefficient (Wildman–Crippen LogP) is 2.42. The molecule has 1 saturated heterocycles. The highest BCUT2D eigenvalue weighted by molar-refractivity contribution is 5.98. The SMILES string of the molecule is CC[C@@H]1CN(C(=O)c2cccc(C(=O)OC)c2)CCN1C(C)C. The van der Waals surface area contributed by atoms with Gasteiger partial charge in [-0.2, -0.15) is 0 Å². The van der Waals surface area contributed by atoms with Gasteiger partial charge in [0.15, 0.2) is 0 Å². The standard InChI is InChI=1S/C18H26N2O3/c1-5-16-12-19(9-10-20(16)13(2)3)17(21)14-7-6-8-15(11-14)18(22)23-4/h6-8,11,13,16H,5,9-10,12H2,1-4H3/t16-/m1/s1. The Hall–Kier alpha value is -1.88. The Bertz CT molecular complexity index is 571. The molecule has 1 heterocycles. The third-order valence-electron chi connectivity index (χ3n) is 4.48. The maximum atomic E-state index is 12.8. The van der Waals surface area contributed by atoms with Gasteiger partial charge >= 0.3 is 5.97 Å². The molecule has 0 spiro atoms. The molecule has 1 fully saturated rings. The molecule has 5 heteroatoms. The summed E-state index contributed by atoms with van der Waals surface area (Å²) < 4.78 is 4.72. The van der Waals surface area contributed by atoms with Crippen molar-refractivity contribution in [3.8, 4) is 0 Å². The molecule has 126 valence electrons. The molecule has 1 atom stereocenters. The van der Waals surface area contributed by atoms with Gasteiger partial charge in [-0.1, -0.05) is 13.0 Å². The van der Waals surface area contributed by atoms with E-state index in [2.05, 4.69) is 25.7 Å². The lowest BCUT2D eigenvalue weighted by Crippen LogP contribution is -2.56. The average Bonchev–Trinajstić information content (AvgIpc) is 2.59. The van der Waals surface area contributed by atoms with E-state index in [1.165, 1.54) is 7.11 Å². The first-order valence-corrected chi connectivity index (χ1v) is 8.21. The van der Waals surface area contributed by atoms with E-state index in [1.54, 1.807) is 24.3 Å². The fraction of sp³-hybridized carbons (Fsp3) is 0.556. The van der Waals surface area contributed by atoms with Crippen molar-refractivity contribution >= 4 is 11.9 Å². The highest BCUT2D eigenvalue weighted by atomic mass is 16.5. The summed E-state index contributed by atoms with van der Waals surface area (Å²) in [7, 11) is 1.34. The number of ether oxygens (including phenoxy) is 1. The molecule has 1 aromatic rings. The van der Waals surface area contributed by atoms with Crippen LogP contribution in [0.2, 0.25) is 0 Å². The first-order valence-electron chi connectivity index (χ1n) is 8.21. The largest absolute Gasteiger partial charge is 0.465 e. The minimum atomic E-state index is -0.421. The van der Waals surface area contributed by atoms with Gasteiger partial charge in [-0.05, 0) is 38.5 Å². The molecule has 0 radical (unpaired) electrons. The Morgan fingerprint density at radius 1 is 1.26 bits per heavy atom. The van der Waals surface area contributed by atoms with Crippen LogP contribution in [0.5, 0.6) is 0 Å². The molecule has 2 rings (SSSR count). The number of hydrogen-bond acceptors (Lipinski definition) is 4. The third kappa shape index (κ3) is 3.91. The van der Waals surface area contributed by atoms with E-state index in [9.17, 15) is 9.59 Å². The summed E-state index contributed by atoms with van der Waals surface area (Å²) in [6, 6.07) is 7.63. The summed E-state index contributed by atoms with van der Waals surface area (Å²) in [5.74, 6) is -0.437. The fourth-order valence-electron chi connectivity index (χ4n) is 3.18. The summed E-state index contributed by atoms with van der Waals surface area (Å²) in [6.07, 6.45) is 1.02. The second-order valence-electron chi connectivity index (χ2n) is 6.22. The molecule has 1 amide bonds. The van der Waals surface area contributed by atoms with Gasteiger partial charge in [-0.3, -0.25) is 9.69 Å². The van der Waals surface area contributed by atoms with E-state index in [-0.39, 0.29) is 5.91 Å². The number of methoxy groups -OCH3 is 1. The average molecular weight is 318 g/mol. The zero-order valence-corrected chi connectivity index (χ0v) is 14.4. The summed E-state index contributed by atoms with van der Waals surface area (Å²) in [4.78, 5) is 28.7. The maximum Gasteiger partial charge on any atom is 0.337 e. The second kappa shape index (κ2) is 7.59. The lowest BCUT2D eigenvalue weighted by Gasteiger charge is -2.43. The van der Waals surface area contributed by atoms with Gasteiger partial charge in [-0.15, -0.1) is 0 Å². The van der Waals surface area contributed by atoms with Crippen LogP contribution in [0.25, 0.3) is 0 Å². The highest BCUT2D eigenvalue weighted by Gasteiger charge is 2.30. The highest BCUT2D eigenvalue weighted by Crippen LogP contribution is 2.18. The summed E-state index contributed by atoms with van der Waals surface area (Å²) in [6.45, 7) is 8.89. The number of nitrogens with zero attached hydrogens (tertiary/aromatic N) is 2. The van der Waals surface area contributed by atoms with Gasteiger partial charge in [-0.25, -0.2) is 4.79 Å². The first-order chi connectivity index (χ1) is 11.0. The van der Waals surface area contributed by atoms with Crippen molar-refractivity contribution < 1.29 is 14.3 Å². The van der Waals surface area contributed by atoms with Gasteiger partial charge in [0.1, 0.15) is 0 Å². The van der Waals surface area contributed by atoms with Crippen LogP contribution in [0.15, 0.2) is 24.3 Å². The number of benzene rings is 1. The molecular weight excluding hydrogens is 292 g/mol. The van der Waals surface area contributed by atoms with Gasteiger partial charge in [0, 0.05) is 37.3 Å². The number of carbonyl (C=O) groups excluding carboxylic acids is 2. The minimum Gasteiger partial charge on any atom is -0.465 e. The molecule has 23 heavy (non-hydrogen) atoms. The molecule has 0 aromatic heterocycles. The number of hydrogen-bond donors (Lipinski definition) is 0. The Kier molecular flexibility index (Phi) is 5.77. The topological polar surface area (TPSA) is 49.9 Å². The third-order valence-corrected chi connectivity index (χ3v) is 4.48. The van der Waals surface area contributed by atoms with Crippen molar-refractivity contribution in [2.45, 2.75) is 39.3 Å². The first kappa shape index (κ1) is 17.5. The van der Waals surface area contributed by atoms with Crippen molar-refractivity contribution in [2.75, 3.05) is 26.7 Å². The lowest BCUT2D eigenvalue weighted by atomic mass is 10.0. The van der Waals surface area contributed by atoms with Gasteiger partial charge in [0.05, 0.1) is 12.7 Å². The van der Waals surface area contributed by atoms with E-state index in [1.807, 2.05) is 4.90 Å². The molecule has 1 aliphatic rings. The van der Waals surface area contributed by atoms with E-state index in [4.69, 9.17) is 4.74 Å². The van der Waals surface area contributed by atoms with Gasteiger partial charge in [0.25, 0.3) is 5.91 Å². The monoisotopic (exact) mass is 318 g/mol. The van der Waals surface area contributed by atoms with Crippen molar-refractivity contribution in [3.63, 3.8) is 0 Å². The summed E-state index contributed by atoms with van der Waals surface area (Å²) in [5, 5.41) is 0. The molecule has 0 unspecified atom stereocenters. The number of esters is 1. The smallest absolute Gasteiger partial charge is 0.337 e. The van der Waals surface area contributed by atoms with Crippen LogP contribution >= 0.6 is 0 Å².